The lowest BCUT2D eigenvalue weighted by atomic mass is 10.1. The van der Waals surface area contributed by atoms with Crippen molar-refractivity contribution in [3.63, 3.8) is 0 Å². The second-order valence-corrected chi connectivity index (χ2v) is 4.22. The molecule has 1 atom stereocenters. The van der Waals surface area contributed by atoms with Crippen molar-refractivity contribution in [3.8, 4) is 5.75 Å². The van der Waals surface area contributed by atoms with Crippen LogP contribution in [0.4, 0.5) is 0 Å². The van der Waals surface area contributed by atoms with Crippen molar-refractivity contribution in [1.82, 2.24) is 0 Å². The molecule has 18 heavy (non-hydrogen) atoms. The van der Waals surface area contributed by atoms with Gasteiger partial charge in [0.05, 0.1) is 0 Å². The van der Waals surface area contributed by atoms with Gasteiger partial charge in [-0.3, -0.25) is 4.79 Å². The van der Waals surface area contributed by atoms with E-state index in [-0.39, 0.29) is 0 Å². The maximum Gasteiger partial charge on any atom is 0.320 e. The molecule has 0 amide bonds. The van der Waals surface area contributed by atoms with Crippen molar-refractivity contribution in [2.45, 2.75) is 26.3 Å². The Morgan fingerprint density at radius 3 is 2.56 bits per heavy atom. The first-order valence-corrected chi connectivity index (χ1v) is 5.85. The predicted molar refractivity (Wildman–Crippen MR) is 70.7 cm³/mol. The van der Waals surface area contributed by atoms with Crippen molar-refractivity contribution in [1.29, 1.82) is 0 Å². The monoisotopic (exact) mass is 249 g/mol. The predicted octanol–water partition coefficient (Wildman–Crippen LogP) is 1.99. The third kappa shape index (κ3) is 4.59. The summed E-state index contributed by atoms with van der Waals surface area (Å²) in [4.78, 5) is 10.6. The van der Waals surface area contributed by atoms with Gasteiger partial charge in [-0.25, -0.2) is 0 Å². The van der Waals surface area contributed by atoms with Crippen LogP contribution in [0.5, 0.6) is 5.75 Å². The molecule has 1 unspecified atom stereocenters. The minimum Gasteiger partial charge on any atom is -0.489 e. The van der Waals surface area contributed by atoms with Crippen LogP contribution in [0, 0.1) is 0 Å². The third-order valence-corrected chi connectivity index (χ3v) is 2.66. The number of carboxylic acids is 1. The molecule has 4 nitrogen and oxygen atoms in total. The number of rotatable bonds is 6. The van der Waals surface area contributed by atoms with E-state index < -0.39 is 12.0 Å². The summed E-state index contributed by atoms with van der Waals surface area (Å²) < 4.78 is 5.55. The summed E-state index contributed by atoms with van der Waals surface area (Å²) in [5.74, 6) is -0.220. The van der Waals surface area contributed by atoms with Crippen molar-refractivity contribution in [3.05, 3.63) is 41.5 Å². The smallest absolute Gasteiger partial charge is 0.320 e. The van der Waals surface area contributed by atoms with Crippen LogP contribution < -0.4 is 10.5 Å². The van der Waals surface area contributed by atoms with E-state index in [1.165, 1.54) is 0 Å². The number of hydrogen-bond donors (Lipinski definition) is 2. The first kappa shape index (κ1) is 14.3. The molecule has 0 saturated heterocycles. The highest BCUT2D eigenvalue weighted by Crippen LogP contribution is 2.14. The molecular weight excluding hydrogens is 230 g/mol. The average Bonchev–Trinajstić information content (AvgIpc) is 2.37. The van der Waals surface area contributed by atoms with Crippen molar-refractivity contribution >= 4 is 5.97 Å². The first-order chi connectivity index (χ1) is 8.52. The Morgan fingerprint density at radius 2 is 2.06 bits per heavy atom. The van der Waals surface area contributed by atoms with Gasteiger partial charge in [-0.1, -0.05) is 18.2 Å². The van der Waals surface area contributed by atoms with E-state index in [4.69, 9.17) is 15.6 Å². The van der Waals surface area contributed by atoms with Gasteiger partial charge < -0.3 is 15.6 Å². The molecule has 0 aliphatic carbocycles. The molecule has 3 N–H and O–H groups in total. The Labute approximate surface area is 107 Å². The average molecular weight is 249 g/mol. The fourth-order valence-electron chi connectivity index (χ4n) is 1.34. The van der Waals surface area contributed by atoms with Gasteiger partial charge in [-0.05, 0) is 43.5 Å². The molecule has 98 valence electrons. The van der Waals surface area contributed by atoms with Gasteiger partial charge in [0, 0.05) is 0 Å². The third-order valence-electron chi connectivity index (χ3n) is 2.66. The lowest BCUT2D eigenvalue weighted by Gasteiger charge is -2.09. The maximum absolute atomic E-state index is 10.6. The van der Waals surface area contributed by atoms with E-state index in [1.54, 1.807) is 0 Å². The van der Waals surface area contributed by atoms with Gasteiger partial charge in [0.1, 0.15) is 18.4 Å². The standard InChI is InChI=1S/C14H19NO3/c1-3-10(2)9-18-12-6-4-11(5-7-12)8-13(15)14(16)17/h3-7,13H,8-9,15H2,1-2H3,(H,16,17)/b10-3-. The fourth-order valence-corrected chi connectivity index (χ4v) is 1.34. The molecule has 0 heterocycles. The topological polar surface area (TPSA) is 72.5 Å². The minimum absolute atomic E-state index is 0.323. The van der Waals surface area contributed by atoms with Crippen LogP contribution in [0.1, 0.15) is 19.4 Å². The Morgan fingerprint density at radius 1 is 1.44 bits per heavy atom. The summed E-state index contributed by atoms with van der Waals surface area (Å²) >= 11 is 0. The van der Waals surface area contributed by atoms with Crippen LogP contribution >= 0.6 is 0 Å². The molecule has 0 saturated carbocycles. The molecule has 1 aromatic carbocycles. The lowest BCUT2D eigenvalue weighted by Crippen LogP contribution is -2.32. The highest BCUT2D eigenvalue weighted by Gasteiger charge is 2.11. The summed E-state index contributed by atoms with van der Waals surface area (Å²) in [5, 5.41) is 8.71. The summed E-state index contributed by atoms with van der Waals surface area (Å²) in [6.45, 7) is 4.53. The molecule has 4 heteroatoms. The normalized spacial score (nSPS) is 13.2. The van der Waals surface area contributed by atoms with Gasteiger partial charge in [0.25, 0.3) is 0 Å². The number of allylic oxidation sites excluding steroid dienone is 1. The van der Waals surface area contributed by atoms with E-state index in [9.17, 15) is 4.79 Å². The van der Waals surface area contributed by atoms with Gasteiger partial charge in [-0.2, -0.15) is 0 Å². The van der Waals surface area contributed by atoms with E-state index >= 15 is 0 Å². The number of carboxylic acid groups (broad SMARTS) is 1. The molecule has 0 aliphatic rings. The molecule has 1 rings (SSSR count). The zero-order chi connectivity index (χ0) is 13.5. The number of aliphatic carboxylic acids is 1. The SMILES string of the molecule is C/C=C(/C)COc1ccc(CC(N)C(=O)O)cc1. The van der Waals surface area contributed by atoms with Crippen LogP contribution in [0.3, 0.4) is 0 Å². The second-order valence-electron chi connectivity index (χ2n) is 4.22. The second kappa shape index (κ2) is 6.81. The van der Waals surface area contributed by atoms with Gasteiger partial charge in [-0.15, -0.1) is 0 Å². The van der Waals surface area contributed by atoms with E-state index in [0.29, 0.717) is 13.0 Å². The van der Waals surface area contributed by atoms with E-state index in [1.807, 2.05) is 44.2 Å². The highest BCUT2D eigenvalue weighted by atomic mass is 16.5. The van der Waals surface area contributed by atoms with Crippen molar-refractivity contribution in [2.24, 2.45) is 5.73 Å². The molecule has 0 spiro atoms. The summed E-state index contributed by atoms with van der Waals surface area (Å²) in [7, 11) is 0. The zero-order valence-corrected chi connectivity index (χ0v) is 10.7. The number of benzene rings is 1. The van der Waals surface area contributed by atoms with Gasteiger partial charge in [0.2, 0.25) is 0 Å². The quantitative estimate of drug-likeness (QED) is 0.756. The molecule has 0 fully saturated rings. The summed E-state index contributed by atoms with van der Waals surface area (Å²) in [6.07, 6.45) is 2.32. The Hall–Kier alpha value is -1.81. The number of ether oxygens (including phenoxy) is 1. The number of nitrogens with two attached hydrogens (primary N) is 1. The van der Waals surface area contributed by atoms with Crippen molar-refractivity contribution in [2.75, 3.05) is 6.61 Å². The molecule has 0 radical (unpaired) electrons. The zero-order valence-electron chi connectivity index (χ0n) is 10.7. The van der Waals surface area contributed by atoms with Crippen LogP contribution in [-0.4, -0.2) is 23.7 Å². The van der Waals surface area contributed by atoms with E-state index in [2.05, 4.69) is 0 Å². The van der Waals surface area contributed by atoms with E-state index in [0.717, 1.165) is 16.9 Å². The first-order valence-electron chi connectivity index (χ1n) is 5.85. The van der Waals surface area contributed by atoms with Crippen LogP contribution in [-0.2, 0) is 11.2 Å². The number of hydrogen-bond acceptors (Lipinski definition) is 3. The Kier molecular flexibility index (Phi) is 5.39. The summed E-state index contributed by atoms with van der Waals surface area (Å²) in [5.41, 5.74) is 7.51. The molecule has 0 aliphatic heterocycles. The molecule has 0 aromatic heterocycles. The molecule has 0 bridgehead atoms. The fraction of sp³-hybridized carbons (Fsp3) is 0.357. The Balaban J connectivity index is 2.55. The minimum atomic E-state index is -0.987. The molecular formula is C14H19NO3. The maximum atomic E-state index is 10.6. The van der Waals surface area contributed by atoms with Crippen LogP contribution in [0.25, 0.3) is 0 Å². The van der Waals surface area contributed by atoms with Gasteiger partial charge in [0.15, 0.2) is 0 Å². The molecule has 1 aromatic rings. The van der Waals surface area contributed by atoms with Crippen LogP contribution in [0.2, 0.25) is 0 Å². The summed E-state index contributed by atoms with van der Waals surface area (Å²) in [6, 6.07) is 6.47. The van der Waals surface area contributed by atoms with Crippen LogP contribution in [0.15, 0.2) is 35.9 Å². The lowest BCUT2D eigenvalue weighted by molar-refractivity contribution is -0.138. The highest BCUT2D eigenvalue weighted by molar-refractivity contribution is 5.73. The number of carbonyl (C=O) groups is 1. The van der Waals surface area contributed by atoms with Gasteiger partial charge >= 0.3 is 5.97 Å². The Bertz CT molecular complexity index is 423. The van der Waals surface area contributed by atoms with Crippen molar-refractivity contribution < 1.29 is 14.6 Å². The largest absolute Gasteiger partial charge is 0.489 e.